The number of ether oxygens (including phenoxy) is 1. The molecular weight excluding hydrogens is 246 g/mol. The van der Waals surface area contributed by atoms with Crippen molar-refractivity contribution in [2.24, 2.45) is 0 Å². The molecule has 0 amide bonds. The van der Waals surface area contributed by atoms with Crippen LogP contribution in [0.2, 0.25) is 0 Å². The zero-order chi connectivity index (χ0) is 14.0. The van der Waals surface area contributed by atoms with Gasteiger partial charge in [-0.1, -0.05) is 39.0 Å². The van der Waals surface area contributed by atoms with Crippen LogP contribution in [-0.4, -0.2) is 0 Å². The van der Waals surface area contributed by atoms with Crippen LogP contribution >= 0.6 is 0 Å². The Balaban J connectivity index is 2.38. The van der Waals surface area contributed by atoms with Crippen molar-refractivity contribution in [3.63, 3.8) is 0 Å². The molecule has 0 atom stereocenters. The van der Waals surface area contributed by atoms with Gasteiger partial charge >= 0.3 is 0 Å². The number of benzene rings is 2. The van der Waals surface area contributed by atoms with Crippen LogP contribution in [0.3, 0.4) is 0 Å². The molecule has 0 heterocycles. The smallest absolute Gasteiger partial charge is 0.198 e. The highest BCUT2D eigenvalue weighted by Crippen LogP contribution is 2.32. The number of hydrogen-bond donors (Lipinski definition) is 0. The third-order valence-corrected chi connectivity index (χ3v) is 2.83. The second-order valence-corrected chi connectivity index (χ2v) is 5.43. The summed E-state index contributed by atoms with van der Waals surface area (Å²) in [4.78, 5) is 0. The number of rotatable bonds is 2. The normalized spacial score (nSPS) is 11.4. The Morgan fingerprint density at radius 1 is 0.895 bits per heavy atom. The van der Waals surface area contributed by atoms with Crippen LogP contribution in [-0.2, 0) is 5.41 Å². The molecule has 0 N–H and O–H groups in total. The molecule has 2 aromatic rings. The average molecular weight is 262 g/mol. The third kappa shape index (κ3) is 3.11. The fourth-order valence-corrected chi connectivity index (χ4v) is 1.70. The maximum Gasteiger partial charge on any atom is 0.198 e. The zero-order valence-corrected chi connectivity index (χ0v) is 11.2. The molecule has 3 heteroatoms. The first-order valence-electron chi connectivity index (χ1n) is 6.10. The van der Waals surface area contributed by atoms with Crippen LogP contribution in [0.4, 0.5) is 8.78 Å². The van der Waals surface area contributed by atoms with Gasteiger partial charge < -0.3 is 4.74 Å². The van der Waals surface area contributed by atoms with Crippen LogP contribution in [0.15, 0.2) is 42.5 Å². The van der Waals surface area contributed by atoms with Gasteiger partial charge in [0, 0.05) is 0 Å². The van der Waals surface area contributed by atoms with Crippen molar-refractivity contribution in [1.82, 2.24) is 0 Å². The molecule has 0 radical (unpaired) electrons. The summed E-state index contributed by atoms with van der Waals surface area (Å²) in [5, 5.41) is 0. The van der Waals surface area contributed by atoms with Crippen molar-refractivity contribution < 1.29 is 13.5 Å². The van der Waals surface area contributed by atoms with Crippen molar-refractivity contribution in [3.05, 3.63) is 59.7 Å². The van der Waals surface area contributed by atoms with Gasteiger partial charge in [-0.15, -0.1) is 0 Å². The molecule has 2 aromatic carbocycles. The van der Waals surface area contributed by atoms with Crippen molar-refractivity contribution in [3.8, 4) is 11.5 Å². The van der Waals surface area contributed by atoms with Gasteiger partial charge in [-0.05, 0) is 35.2 Å². The molecule has 2 rings (SSSR count). The minimum atomic E-state index is -0.686. The summed E-state index contributed by atoms with van der Waals surface area (Å²) in [6, 6.07) is 11.2. The molecule has 0 spiro atoms. The number of para-hydroxylation sites is 1. The van der Waals surface area contributed by atoms with Crippen LogP contribution in [0, 0.1) is 11.6 Å². The van der Waals surface area contributed by atoms with Gasteiger partial charge in [0.2, 0.25) is 0 Å². The van der Waals surface area contributed by atoms with Crippen molar-refractivity contribution in [1.29, 1.82) is 0 Å². The van der Waals surface area contributed by atoms with Crippen LogP contribution in [0.25, 0.3) is 0 Å². The Morgan fingerprint density at radius 3 is 1.89 bits per heavy atom. The highest BCUT2D eigenvalue weighted by molar-refractivity contribution is 5.37. The lowest BCUT2D eigenvalue weighted by atomic mass is 9.87. The van der Waals surface area contributed by atoms with Gasteiger partial charge in [-0.25, -0.2) is 8.78 Å². The van der Waals surface area contributed by atoms with Gasteiger partial charge in [0.25, 0.3) is 0 Å². The minimum Gasteiger partial charge on any atom is -0.451 e. The maximum atomic E-state index is 14.0. The zero-order valence-electron chi connectivity index (χ0n) is 11.2. The Labute approximate surface area is 111 Å². The van der Waals surface area contributed by atoms with E-state index in [1.807, 2.05) is 26.8 Å². The topological polar surface area (TPSA) is 9.23 Å². The highest BCUT2D eigenvalue weighted by atomic mass is 19.1. The Morgan fingerprint density at radius 2 is 1.42 bits per heavy atom. The predicted molar refractivity (Wildman–Crippen MR) is 71.6 cm³/mol. The summed E-state index contributed by atoms with van der Waals surface area (Å²) in [5.74, 6) is -1.33. The molecule has 0 saturated carbocycles. The molecule has 1 nitrogen and oxygen atoms in total. The second kappa shape index (κ2) is 5.00. The van der Waals surface area contributed by atoms with Gasteiger partial charge in [-0.3, -0.25) is 0 Å². The van der Waals surface area contributed by atoms with Crippen LogP contribution in [0.1, 0.15) is 26.3 Å². The maximum absolute atomic E-state index is 14.0. The molecule has 0 fully saturated rings. The summed E-state index contributed by atoms with van der Waals surface area (Å²) in [6.45, 7) is 5.71. The third-order valence-electron chi connectivity index (χ3n) is 2.83. The van der Waals surface area contributed by atoms with E-state index >= 15 is 0 Å². The largest absolute Gasteiger partial charge is 0.451 e. The minimum absolute atomic E-state index is 0.313. The molecule has 0 bridgehead atoms. The number of hydrogen-bond acceptors (Lipinski definition) is 1. The lowest BCUT2D eigenvalue weighted by Crippen LogP contribution is -2.12. The first-order valence-corrected chi connectivity index (χ1v) is 6.10. The summed E-state index contributed by atoms with van der Waals surface area (Å²) < 4.78 is 33.2. The highest BCUT2D eigenvalue weighted by Gasteiger charge is 2.20. The van der Waals surface area contributed by atoms with Gasteiger partial charge in [0.05, 0.1) is 0 Å². The van der Waals surface area contributed by atoms with E-state index in [0.717, 1.165) is 0 Å². The van der Waals surface area contributed by atoms with Crippen molar-refractivity contribution in [2.45, 2.75) is 26.2 Å². The van der Waals surface area contributed by atoms with Gasteiger partial charge in [-0.2, -0.15) is 0 Å². The van der Waals surface area contributed by atoms with Crippen LogP contribution < -0.4 is 4.74 Å². The second-order valence-electron chi connectivity index (χ2n) is 5.43. The monoisotopic (exact) mass is 262 g/mol. The van der Waals surface area contributed by atoms with E-state index in [2.05, 4.69) is 0 Å². The summed E-state index contributed by atoms with van der Waals surface area (Å²) in [6.07, 6.45) is 0. The van der Waals surface area contributed by atoms with Gasteiger partial charge in [0.1, 0.15) is 5.75 Å². The fraction of sp³-hybridized carbons (Fsp3) is 0.250. The van der Waals surface area contributed by atoms with E-state index < -0.39 is 11.6 Å². The van der Waals surface area contributed by atoms with E-state index in [1.165, 1.54) is 12.1 Å². The lowest BCUT2D eigenvalue weighted by molar-refractivity contribution is 0.404. The number of halogens is 2. The lowest BCUT2D eigenvalue weighted by Gasteiger charge is -2.20. The summed E-state index contributed by atoms with van der Waals surface area (Å²) in [5.41, 5.74) is 0.287. The Hall–Kier alpha value is -1.90. The van der Waals surface area contributed by atoms with E-state index in [1.54, 1.807) is 24.3 Å². The first kappa shape index (κ1) is 13.5. The molecule has 100 valence electrons. The molecule has 19 heavy (non-hydrogen) atoms. The van der Waals surface area contributed by atoms with E-state index in [-0.39, 0.29) is 11.2 Å². The molecule has 0 saturated heterocycles. The van der Waals surface area contributed by atoms with E-state index in [4.69, 9.17) is 4.74 Å². The quantitative estimate of drug-likeness (QED) is 0.735. The van der Waals surface area contributed by atoms with Gasteiger partial charge in [0.15, 0.2) is 17.4 Å². The first-order chi connectivity index (χ1) is 8.88. The van der Waals surface area contributed by atoms with Crippen molar-refractivity contribution >= 4 is 0 Å². The molecule has 0 aromatic heterocycles. The Bertz CT molecular complexity index is 548. The van der Waals surface area contributed by atoms with E-state index in [9.17, 15) is 8.78 Å². The fourth-order valence-electron chi connectivity index (χ4n) is 1.70. The standard InChI is InChI=1S/C16H16F2O/c1-16(2,3)11-9-13(17)15(14(18)10-11)19-12-7-5-4-6-8-12/h4-10H,1-3H3. The predicted octanol–water partition coefficient (Wildman–Crippen LogP) is 5.05. The summed E-state index contributed by atoms with van der Waals surface area (Å²) >= 11 is 0. The average Bonchev–Trinajstić information content (AvgIpc) is 2.33. The van der Waals surface area contributed by atoms with E-state index in [0.29, 0.717) is 11.3 Å². The molecule has 0 aliphatic heterocycles. The molecular formula is C16H16F2O. The molecule has 0 aliphatic rings. The molecule has 0 unspecified atom stereocenters. The van der Waals surface area contributed by atoms with Crippen molar-refractivity contribution in [2.75, 3.05) is 0 Å². The SMILES string of the molecule is CC(C)(C)c1cc(F)c(Oc2ccccc2)c(F)c1. The molecule has 0 aliphatic carbocycles. The van der Waals surface area contributed by atoms with Crippen LogP contribution in [0.5, 0.6) is 11.5 Å². The summed E-state index contributed by atoms with van der Waals surface area (Å²) in [7, 11) is 0. The Kier molecular flexibility index (Phi) is 3.56.